The Kier molecular flexibility index (Phi) is 2.79. The summed E-state index contributed by atoms with van der Waals surface area (Å²) in [6.07, 6.45) is 0. The third kappa shape index (κ3) is 1.57. The van der Waals surface area contributed by atoms with E-state index in [9.17, 15) is 8.78 Å². The van der Waals surface area contributed by atoms with E-state index in [1.165, 1.54) is 0 Å². The van der Waals surface area contributed by atoms with Crippen molar-refractivity contribution in [2.24, 2.45) is 0 Å². The number of rotatable bonds is 0. The Hall–Kier alpha value is -1.96. The van der Waals surface area contributed by atoms with Gasteiger partial charge in [0, 0.05) is 10.8 Å². The number of hydrogen-bond donors (Lipinski definition) is 0. The van der Waals surface area contributed by atoms with E-state index in [-0.39, 0.29) is 0 Å². The summed E-state index contributed by atoms with van der Waals surface area (Å²) in [6.45, 7) is 7.51. The number of aryl methyl sites for hydroxylation is 4. The molecule has 0 atom stereocenters. The van der Waals surface area contributed by atoms with E-state index in [2.05, 4.69) is 0 Å². The van der Waals surface area contributed by atoms with Crippen molar-refractivity contribution in [2.75, 3.05) is 0 Å². The Morgan fingerprint density at radius 2 is 0.950 bits per heavy atom. The first-order valence-electron chi connectivity index (χ1n) is 6.70. The van der Waals surface area contributed by atoms with Crippen molar-refractivity contribution in [3.05, 3.63) is 58.2 Å². The van der Waals surface area contributed by atoms with Crippen molar-refractivity contribution >= 4 is 21.5 Å². The highest BCUT2D eigenvalue weighted by Gasteiger charge is 2.18. The number of fused-ring (bicyclic) bond motifs is 3. The molecule has 0 bridgehead atoms. The lowest BCUT2D eigenvalue weighted by Crippen LogP contribution is -1.97. The second kappa shape index (κ2) is 4.27. The van der Waals surface area contributed by atoms with Gasteiger partial charge in [0.15, 0.2) is 11.6 Å². The Morgan fingerprint density at radius 1 is 0.600 bits per heavy atom. The molecular weight excluding hydrogens is 254 g/mol. The first kappa shape index (κ1) is 13.0. The molecule has 0 aliphatic carbocycles. The molecule has 0 N–H and O–H groups in total. The molecule has 102 valence electrons. The predicted molar refractivity (Wildman–Crippen MR) is 80.3 cm³/mol. The summed E-state index contributed by atoms with van der Waals surface area (Å²) in [7, 11) is 0. The van der Waals surface area contributed by atoms with Crippen LogP contribution in [0.25, 0.3) is 21.5 Å². The van der Waals surface area contributed by atoms with Gasteiger partial charge in [-0.05, 0) is 60.7 Å². The molecule has 20 heavy (non-hydrogen) atoms. The molecule has 3 aromatic rings. The van der Waals surface area contributed by atoms with E-state index < -0.39 is 11.6 Å². The minimum absolute atomic E-state index is 0.401. The molecule has 0 heterocycles. The Balaban J connectivity index is 2.70. The van der Waals surface area contributed by atoms with E-state index in [4.69, 9.17) is 0 Å². The van der Waals surface area contributed by atoms with Crippen LogP contribution in [-0.4, -0.2) is 0 Å². The standard InChI is InChI=1S/C18H16F2/c1-9-5-7-13-14-8-6-10(2)12(4)16(14)18(20)17(19)15(13)11(9)3/h5-8H,1-4H3. The number of halogens is 2. The molecule has 0 spiro atoms. The average Bonchev–Trinajstić information content (AvgIpc) is 2.42. The normalized spacial score (nSPS) is 11.5. The number of hydrogen-bond acceptors (Lipinski definition) is 0. The topological polar surface area (TPSA) is 0 Å². The van der Waals surface area contributed by atoms with Gasteiger partial charge < -0.3 is 0 Å². The van der Waals surface area contributed by atoms with Gasteiger partial charge in [-0.3, -0.25) is 0 Å². The van der Waals surface area contributed by atoms with Crippen LogP contribution in [0.5, 0.6) is 0 Å². The lowest BCUT2D eigenvalue weighted by atomic mass is 9.92. The van der Waals surface area contributed by atoms with Crippen molar-refractivity contribution in [2.45, 2.75) is 27.7 Å². The molecule has 0 nitrogen and oxygen atoms in total. The summed E-state index contributed by atoms with van der Waals surface area (Å²) in [5, 5.41) is 2.37. The minimum Gasteiger partial charge on any atom is -0.203 e. The second-order valence-corrected chi connectivity index (χ2v) is 5.49. The first-order chi connectivity index (χ1) is 9.43. The van der Waals surface area contributed by atoms with Crippen LogP contribution in [0.4, 0.5) is 8.78 Å². The van der Waals surface area contributed by atoms with Gasteiger partial charge in [-0.1, -0.05) is 24.3 Å². The Labute approximate surface area is 117 Å². The van der Waals surface area contributed by atoms with Crippen LogP contribution in [0.2, 0.25) is 0 Å². The molecule has 2 heteroatoms. The smallest absolute Gasteiger partial charge is 0.167 e. The molecule has 0 unspecified atom stereocenters. The average molecular weight is 270 g/mol. The van der Waals surface area contributed by atoms with Gasteiger partial charge in [0.25, 0.3) is 0 Å². The van der Waals surface area contributed by atoms with Crippen LogP contribution < -0.4 is 0 Å². The molecule has 0 aliphatic heterocycles. The summed E-state index contributed by atoms with van der Waals surface area (Å²) in [5.41, 5.74) is 3.55. The predicted octanol–water partition coefficient (Wildman–Crippen LogP) is 5.50. The molecule has 0 aromatic heterocycles. The molecular formula is C18H16F2. The highest BCUT2D eigenvalue weighted by atomic mass is 19.2. The Morgan fingerprint density at radius 3 is 1.30 bits per heavy atom. The lowest BCUT2D eigenvalue weighted by molar-refractivity contribution is 0.524. The van der Waals surface area contributed by atoms with Crippen LogP contribution in [0.3, 0.4) is 0 Å². The minimum atomic E-state index is -0.734. The van der Waals surface area contributed by atoms with E-state index in [0.717, 1.165) is 33.0 Å². The molecule has 0 saturated heterocycles. The second-order valence-electron chi connectivity index (χ2n) is 5.49. The summed E-state index contributed by atoms with van der Waals surface area (Å²) in [4.78, 5) is 0. The maximum Gasteiger partial charge on any atom is 0.167 e. The van der Waals surface area contributed by atoms with Gasteiger partial charge in [-0.25, -0.2) is 8.78 Å². The molecule has 0 fully saturated rings. The molecule has 0 aliphatic rings. The summed E-state index contributed by atoms with van der Waals surface area (Å²) < 4.78 is 29.0. The van der Waals surface area contributed by atoms with Gasteiger partial charge in [0.2, 0.25) is 0 Å². The maximum absolute atomic E-state index is 14.5. The maximum atomic E-state index is 14.5. The summed E-state index contributed by atoms with van der Waals surface area (Å²) >= 11 is 0. The van der Waals surface area contributed by atoms with Crippen LogP contribution in [0, 0.1) is 39.3 Å². The van der Waals surface area contributed by atoms with E-state index in [1.807, 2.05) is 52.0 Å². The summed E-state index contributed by atoms with van der Waals surface area (Å²) in [5.74, 6) is -1.47. The molecule has 0 radical (unpaired) electrons. The first-order valence-corrected chi connectivity index (χ1v) is 6.70. The van der Waals surface area contributed by atoms with E-state index in [0.29, 0.717) is 10.8 Å². The fourth-order valence-electron chi connectivity index (χ4n) is 2.87. The fraction of sp³-hybridized carbons (Fsp3) is 0.222. The largest absolute Gasteiger partial charge is 0.203 e. The highest BCUT2D eigenvalue weighted by Crippen LogP contribution is 2.36. The zero-order valence-electron chi connectivity index (χ0n) is 12.1. The van der Waals surface area contributed by atoms with Gasteiger partial charge in [0.05, 0.1) is 0 Å². The molecule has 3 rings (SSSR count). The van der Waals surface area contributed by atoms with E-state index in [1.54, 1.807) is 0 Å². The van der Waals surface area contributed by atoms with Crippen molar-refractivity contribution in [1.29, 1.82) is 0 Å². The molecule has 3 aromatic carbocycles. The Bertz CT molecular complexity index is 788. The van der Waals surface area contributed by atoms with Crippen molar-refractivity contribution < 1.29 is 8.78 Å². The van der Waals surface area contributed by atoms with Gasteiger partial charge >= 0.3 is 0 Å². The van der Waals surface area contributed by atoms with Crippen molar-refractivity contribution in [3.8, 4) is 0 Å². The third-order valence-electron chi connectivity index (χ3n) is 4.39. The van der Waals surface area contributed by atoms with Crippen LogP contribution in [0.15, 0.2) is 24.3 Å². The highest BCUT2D eigenvalue weighted by molar-refractivity contribution is 6.10. The van der Waals surface area contributed by atoms with Crippen LogP contribution in [-0.2, 0) is 0 Å². The third-order valence-corrected chi connectivity index (χ3v) is 4.39. The van der Waals surface area contributed by atoms with Gasteiger partial charge in [-0.15, -0.1) is 0 Å². The van der Waals surface area contributed by atoms with Gasteiger partial charge in [0.1, 0.15) is 0 Å². The monoisotopic (exact) mass is 270 g/mol. The van der Waals surface area contributed by atoms with Gasteiger partial charge in [-0.2, -0.15) is 0 Å². The quantitative estimate of drug-likeness (QED) is 0.473. The molecule has 0 amide bonds. The summed E-state index contributed by atoms with van der Waals surface area (Å²) in [6, 6.07) is 7.70. The SMILES string of the molecule is Cc1ccc2c(c1C)c(F)c(F)c1c(C)c(C)ccc12. The van der Waals surface area contributed by atoms with Crippen molar-refractivity contribution in [1.82, 2.24) is 0 Å². The van der Waals surface area contributed by atoms with E-state index >= 15 is 0 Å². The molecule has 0 saturated carbocycles. The van der Waals surface area contributed by atoms with Crippen LogP contribution in [0.1, 0.15) is 22.3 Å². The van der Waals surface area contributed by atoms with Crippen molar-refractivity contribution in [3.63, 3.8) is 0 Å². The zero-order valence-corrected chi connectivity index (χ0v) is 12.1. The fourth-order valence-corrected chi connectivity index (χ4v) is 2.87. The number of benzene rings is 3. The van der Waals surface area contributed by atoms with Crippen LogP contribution >= 0.6 is 0 Å². The zero-order chi connectivity index (χ0) is 14.6. The lowest BCUT2D eigenvalue weighted by Gasteiger charge is -2.14.